The van der Waals surface area contributed by atoms with Crippen LogP contribution in [0.3, 0.4) is 0 Å². The van der Waals surface area contributed by atoms with Gasteiger partial charge in [0.1, 0.15) is 11.5 Å². The molecule has 150 valence electrons. The van der Waals surface area contributed by atoms with E-state index in [1.807, 2.05) is 18.9 Å². The van der Waals surface area contributed by atoms with Gasteiger partial charge in [-0.3, -0.25) is 9.69 Å². The molecule has 2 heterocycles. The first kappa shape index (κ1) is 19.9. The molecule has 0 bridgehead atoms. The third-order valence-corrected chi connectivity index (χ3v) is 6.07. The Kier molecular flexibility index (Phi) is 5.65. The number of alkyl halides is 3. The van der Waals surface area contributed by atoms with Crippen molar-refractivity contribution in [2.24, 2.45) is 17.6 Å². The lowest BCUT2D eigenvalue weighted by Gasteiger charge is -2.34. The van der Waals surface area contributed by atoms with Crippen LogP contribution in [0, 0.1) is 11.8 Å². The number of likely N-dealkylation sites (N-methyl/N-ethyl adjacent to an activating group) is 1. The summed E-state index contributed by atoms with van der Waals surface area (Å²) in [6.45, 7) is 3.39. The van der Waals surface area contributed by atoms with Crippen molar-refractivity contribution < 1.29 is 18.0 Å². The van der Waals surface area contributed by atoms with E-state index in [1.165, 1.54) is 6.07 Å². The van der Waals surface area contributed by atoms with Gasteiger partial charge < -0.3 is 10.6 Å². The Morgan fingerprint density at radius 1 is 1.37 bits per heavy atom. The van der Waals surface area contributed by atoms with E-state index in [0.717, 1.165) is 31.7 Å². The number of pyridine rings is 1. The summed E-state index contributed by atoms with van der Waals surface area (Å²) in [6, 6.07) is 3.97. The molecule has 1 amide bonds. The highest BCUT2D eigenvalue weighted by atomic mass is 19.4. The standard InChI is InChI=1S/C19H27F3N4O/c1-3-5-15(18(23)27)25(2)14-9-8-12-10-26(11-13(12)14)17-7-4-6-16(24-17)19(20,21)22/h4,6-7,12-15H,3,5,8-11H2,1-2H3,(H2,23,27)/t12-,13+,14+,15+/m1/s1. The maximum atomic E-state index is 13.0. The normalized spacial score (nSPS) is 26.4. The highest BCUT2D eigenvalue weighted by Gasteiger charge is 2.46. The maximum absolute atomic E-state index is 13.0. The van der Waals surface area contributed by atoms with Gasteiger partial charge in [-0.25, -0.2) is 4.98 Å². The first-order valence-electron chi connectivity index (χ1n) is 9.52. The lowest BCUT2D eigenvalue weighted by Crippen LogP contribution is -2.49. The van der Waals surface area contributed by atoms with Gasteiger partial charge in [0, 0.05) is 19.1 Å². The fourth-order valence-corrected chi connectivity index (χ4v) is 4.74. The predicted molar refractivity (Wildman–Crippen MR) is 97.1 cm³/mol. The van der Waals surface area contributed by atoms with Crippen molar-refractivity contribution >= 4 is 11.7 Å². The number of anilines is 1. The Labute approximate surface area is 157 Å². The van der Waals surface area contributed by atoms with Crippen LogP contribution in [0.4, 0.5) is 19.0 Å². The van der Waals surface area contributed by atoms with Gasteiger partial charge in [-0.2, -0.15) is 13.2 Å². The zero-order chi connectivity index (χ0) is 19.8. The van der Waals surface area contributed by atoms with E-state index in [-0.39, 0.29) is 18.0 Å². The molecule has 1 saturated heterocycles. The van der Waals surface area contributed by atoms with Crippen molar-refractivity contribution in [2.45, 2.75) is 50.9 Å². The number of amides is 1. The van der Waals surface area contributed by atoms with Gasteiger partial charge in [-0.05, 0) is 50.3 Å². The van der Waals surface area contributed by atoms with Crippen LogP contribution in [0.2, 0.25) is 0 Å². The summed E-state index contributed by atoms with van der Waals surface area (Å²) in [4.78, 5) is 19.7. The van der Waals surface area contributed by atoms with Crippen LogP contribution in [0.5, 0.6) is 0 Å². The number of nitrogens with zero attached hydrogens (tertiary/aromatic N) is 3. The SMILES string of the molecule is CCC[C@@H](C(N)=O)N(C)[C@H]1CC[C@@H]2CN(c3cccc(C(F)(F)F)n3)C[C@@H]21. The summed E-state index contributed by atoms with van der Waals surface area (Å²) in [5.74, 6) is 0.784. The third kappa shape index (κ3) is 4.05. The Balaban J connectivity index is 1.74. The number of primary amides is 1. The number of aromatic nitrogens is 1. The molecule has 1 saturated carbocycles. The summed E-state index contributed by atoms with van der Waals surface area (Å²) in [7, 11) is 1.95. The number of nitrogens with two attached hydrogens (primary N) is 1. The molecule has 1 aliphatic carbocycles. The van der Waals surface area contributed by atoms with Gasteiger partial charge in [0.25, 0.3) is 0 Å². The molecular weight excluding hydrogens is 357 g/mol. The van der Waals surface area contributed by atoms with E-state index in [2.05, 4.69) is 9.88 Å². The Hall–Kier alpha value is -1.83. The minimum absolute atomic E-state index is 0.217. The minimum Gasteiger partial charge on any atom is -0.368 e. The first-order chi connectivity index (χ1) is 12.7. The largest absolute Gasteiger partial charge is 0.433 e. The molecule has 0 aromatic carbocycles. The summed E-state index contributed by atoms with van der Waals surface area (Å²) in [5.41, 5.74) is 4.74. The average molecular weight is 384 g/mol. The van der Waals surface area contributed by atoms with Crippen molar-refractivity contribution in [2.75, 3.05) is 25.0 Å². The molecule has 0 unspecified atom stereocenters. The van der Waals surface area contributed by atoms with Gasteiger partial charge in [0.2, 0.25) is 5.91 Å². The highest BCUT2D eigenvalue weighted by molar-refractivity contribution is 5.79. The van der Waals surface area contributed by atoms with Crippen molar-refractivity contribution in [3.8, 4) is 0 Å². The summed E-state index contributed by atoms with van der Waals surface area (Å²) >= 11 is 0. The molecule has 27 heavy (non-hydrogen) atoms. The zero-order valence-corrected chi connectivity index (χ0v) is 15.7. The summed E-state index contributed by atoms with van der Waals surface area (Å²) < 4.78 is 38.9. The summed E-state index contributed by atoms with van der Waals surface area (Å²) in [6.07, 6.45) is -0.850. The summed E-state index contributed by atoms with van der Waals surface area (Å²) in [5, 5.41) is 0. The number of carbonyl (C=O) groups is 1. The molecule has 5 nitrogen and oxygen atoms in total. The molecular formula is C19H27F3N4O. The highest BCUT2D eigenvalue weighted by Crippen LogP contribution is 2.42. The Morgan fingerprint density at radius 2 is 2.11 bits per heavy atom. The van der Waals surface area contributed by atoms with E-state index < -0.39 is 11.9 Å². The van der Waals surface area contributed by atoms with Crippen molar-refractivity contribution in [1.82, 2.24) is 9.88 Å². The number of halogens is 3. The minimum atomic E-state index is -4.44. The van der Waals surface area contributed by atoms with E-state index in [1.54, 1.807) is 6.07 Å². The number of hydrogen-bond donors (Lipinski definition) is 1. The van der Waals surface area contributed by atoms with Crippen LogP contribution in [-0.2, 0) is 11.0 Å². The van der Waals surface area contributed by atoms with Crippen LogP contribution < -0.4 is 10.6 Å². The number of fused-ring (bicyclic) bond motifs is 1. The van der Waals surface area contributed by atoms with E-state index in [4.69, 9.17) is 5.73 Å². The molecule has 0 radical (unpaired) electrons. The van der Waals surface area contributed by atoms with Crippen molar-refractivity contribution in [1.29, 1.82) is 0 Å². The van der Waals surface area contributed by atoms with E-state index in [9.17, 15) is 18.0 Å². The van der Waals surface area contributed by atoms with E-state index >= 15 is 0 Å². The molecule has 2 fully saturated rings. The van der Waals surface area contributed by atoms with Crippen molar-refractivity contribution in [3.05, 3.63) is 23.9 Å². The average Bonchev–Trinajstić information content (AvgIpc) is 3.18. The van der Waals surface area contributed by atoms with Gasteiger partial charge in [0.05, 0.1) is 6.04 Å². The molecule has 2 aliphatic rings. The predicted octanol–water partition coefficient (Wildman–Crippen LogP) is 2.90. The maximum Gasteiger partial charge on any atom is 0.433 e. The van der Waals surface area contributed by atoms with Crippen molar-refractivity contribution in [3.63, 3.8) is 0 Å². The smallest absolute Gasteiger partial charge is 0.368 e. The van der Waals surface area contributed by atoms with Crippen LogP contribution >= 0.6 is 0 Å². The quantitative estimate of drug-likeness (QED) is 0.819. The molecule has 1 aliphatic heterocycles. The van der Waals surface area contributed by atoms with Gasteiger partial charge in [0.15, 0.2) is 0 Å². The number of hydrogen-bond acceptors (Lipinski definition) is 4. The fraction of sp³-hybridized carbons (Fsp3) is 0.684. The lowest BCUT2D eigenvalue weighted by atomic mass is 9.95. The van der Waals surface area contributed by atoms with Crippen LogP contribution in [0.25, 0.3) is 0 Å². The monoisotopic (exact) mass is 384 g/mol. The molecule has 8 heteroatoms. The van der Waals surface area contributed by atoms with Crippen LogP contribution in [-0.4, -0.2) is 48.0 Å². The van der Waals surface area contributed by atoms with Gasteiger partial charge in [-0.15, -0.1) is 0 Å². The lowest BCUT2D eigenvalue weighted by molar-refractivity contribution is -0.141. The molecule has 1 aromatic heterocycles. The zero-order valence-electron chi connectivity index (χ0n) is 15.7. The Morgan fingerprint density at radius 3 is 2.74 bits per heavy atom. The molecule has 4 atom stereocenters. The second-order valence-corrected chi connectivity index (χ2v) is 7.72. The first-order valence-corrected chi connectivity index (χ1v) is 9.52. The number of rotatable bonds is 6. The van der Waals surface area contributed by atoms with Gasteiger partial charge in [-0.1, -0.05) is 19.4 Å². The fourth-order valence-electron chi connectivity index (χ4n) is 4.74. The third-order valence-electron chi connectivity index (χ3n) is 6.07. The molecule has 1 aromatic rings. The number of carbonyl (C=O) groups excluding carboxylic acids is 1. The van der Waals surface area contributed by atoms with E-state index in [0.29, 0.717) is 30.7 Å². The Bertz CT molecular complexity index is 681. The topological polar surface area (TPSA) is 62.5 Å². The molecule has 0 spiro atoms. The van der Waals surface area contributed by atoms with Crippen LogP contribution in [0.15, 0.2) is 18.2 Å². The molecule has 2 N–H and O–H groups in total. The second-order valence-electron chi connectivity index (χ2n) is 7.72. The molecule has 3 rings (SSSR count). The van der Waals surface area contributed by atoms with Gasteiger partial charge >= 0.3 is 6.18 Å². The second kappa shape index (κ2) is 7.66. The van der Waals surface area contributed by atoms with Crippen LogP contribution in [0.1, 0.15) is 38.3 Å².